The number of nitrogens with one attached hydrogen (secondary N) is 1. The highest BCUT2D eigenvalue weighted by molar-refractivity contribution is 8.00. The SMILES string of the molecule is O=C(CSc1ncccc1C(=O)O)NCCc1ccccc1. The molecule has 0 spiro atoms. The highest BCUT2D eigenvalue weighted by Crippen LogP contribution is 2.19. The van der Waals surface area contributed by atoms with E-state index in [0.29, 0.717) is 11.6 Å². The van der Waals surface area contributed by atoms with Gasteiger partial charge in [0.2, 0.25) is 5.91 Å². The summed E-state index contributed by atoms with van der Waals surface area (Å²) in [5.74, 6) is -1.03. The van der Waals surface area contributed by atoms with Crippen molar-refractivity contribution in [1.82, 2.24) is 10.3 Å². The van der Waals surface area contributed by atoms with Crippen LogP contribution in [0.1, 0.15) is 15.9 Å². The summed E-state index contributed by atoms with van der Waals surface area (Å²) in [7, 11) is 0. The molecule has 0 aliphatic carbocycles. The number of rotatable bonds is 7. The zero-order chi connectivity index (χ0) is 15.8. The number of aromatic nitrogens is 1. The molecule has 0 saturated carbocycles. The van der Waals surface area contributed by atoms with Crippen LogP contribution in [0.25, 0.3) is 0 Å². The number of carboxylic acid groups (broad SMARTS) is 1. The van der Waals surface area contributed by atoms with Crippen molar-refractivity contribution in [3.63, 3.8) is 0 Å². The molecule has 0 radical (unpaired) electrons. The fourth-order valence-electron chi connectivity index (χ4n) is 1.84. The predicted octanol–water partition coefficient (Wildman–Crippen LogP) is 2.23. The van der Waals surface area contributed by atoms with Gasteiger partial charge in [0.05, 0.1) is 11.3 Å². The Morgan fingerprint density at radius 2 is 1.91 bits per heavy atom. The number of hydrogen-bond donors (Lipinski definition) is 2. The summed E-state index contributed by atoms with van der Waals surface area (Å²) in [5.41, 5.74) is 1.28. The maximum absolute atomic E-state index is 11.8. The number of pyridine rings is 1. The largest absolute Gasteiger partial charge is 0.478 e. The average molecular weight is 316 g/mol. The summed E-state index contributed by atoms with van der Waals surface area (Å²) in [6, 6.07) is 12.9. The van der Waals surface area contributed by atoms with Crippen LogP contribution in [0.3, 0.4) is 0 Å². The first kappa shape index (κ1) is 16.0. The van der Waals surface area contributed by atoms with Gasteiger partial charge in [-0.3, -0.25) is 4.79 Å². The maximum atomic E-state index is 11.8. The van der Waals surface area contributed by atoms with Gasteiger partial charge in [0.1, 0.15) is 5.03 Å². The molecule has 0 unspecified atom stereocenters. The predicted molar refractivity (Wildman–Crippen MR) is 85.1 cm³/mol. The first-order valence-electron chi connectivity index (χ1n) is 6.78. The number of aromatic carboxylic acids is 1. The fraction of sp³-hybridized carbons (Fsp3) is 0.188. The van der Waals surface area contributed by atoms with E-state index in [1.54, 1.807) is 6.07 Å². The van der Waals surface area contributed by atoms with E-state index in [0.717, 1.165) is 23.7 Å². The fourth-order valence-corrected chi connectivity index (χ4v) is 2.66. The van der Waals surface area contributed by atoms with Crippen molar-refractivity contribution in [2.45, 2.75) is 11.4 Å². The third kappa shape index (κ3) is 4.89. The number of carbonyl (C=O) groups excluding carboxylic acids is 1. The first-order chi connectivity index (χ1) is 10.7. The van der Waals surface area contributed by atoms with E-state index in [9.17, 15) is 9.59 Å². The molecule has 0 aliphatic heterocycles. The van der Waals surface area contributed by atoms with Gasteiger partial charge >= 0.3 is 5.97 Å². The molecule has 5 nitrogen and oxygen atoms in total. The van der Waals surface area contributed by atoms with Crippen molar-refractivity contribution in [1.29, 1.82) is 0 Å². The zero-order valence-electron chi connectivity index (χ0n) is 11.9. The third-order valence-electron chi connectivity index (χ3n) is 2.92. The monoisotopic (exact) mass is 316 g/mol. The van der Waals surface area contributed by atoms with Crippen LogP contribution in [0.5, 0.6) is 0 Å². The lowest BCUT2D eigenvalue weighted by atomic mass is 10.1. The molecule has 2 N–H and O–H groups in total. The molecule has 114 valence electrons. The molecule has 0 bridgehead atoms. The molecule has 6 heteroatoms. The van der Waals surface area contributed by atoms with Crippen LogP contribution in [-0.2, 0) is 11.2 Å². The van der Waals surface area contributed by atoms with Gasteiger partial charge in [-0.15, -0.1) is 0 Å². The molecule has 22 heavy (non-hydrogen) atoms. The Hall–Kier alpha value is -2.34. The molecule has 0 aliphatic rings. The first-order valence-corrected chi connectivity index (χ1v) is 7.77. The Morgan fingerprint density at radius 1 is 1.14 bits per heavy atom. The number of benzene rings is 1. The van der Waals surface area contributed by atoms with Gasteiger partial charge in [0.15, 0.2) is 0 Å². The van der Waals surface area contributed by atoms with Gasteiger partial charge in [-0.2, -0.15) is 0 Å². The van der Waals surface area contributed by atoms with E-state index in [1.807, 2.05) is 30.3 Å². The number of carbonyl (C=O) groups is 2. The molecule has 1 amide bonds. The van der Waals surface area contributed by atoms with Crippen molar-refractivity contribution in [2.24, 2.45) is 0 Å². The molecular formula is C16H16N2O3S. The van der Waals surface area contributed by atoms with Crippen molar-refractivity contribution in [3.8, 4) is 0 Å². The Balaban J connectivity index is 1.77. The molecule has 0 saturated heterocycles. The second-order valence-electron chi connectivity index (χ2n) is 4.54. The lowest BCUT2D eigenvalue weighted by molar-refractivity contribution is -0.118. The Kier molecular flexibility index (Phi) is 5.97. The van der Waals surface area contributed by atoms with E-state index in [4.69, 9.17) is 5.11 Å². The van der Waals surface area contributed by atoms with Crippen molar-refractivity contribution >= 4 is 23.6 Å². The molecular weight excluding hydrogens is 300 g/mol. The van der Waals surface area contributed by atoms with Gasteiger partial charge in [0, 0.05) is 12.7 Å². The number of hydrogen-bond acceptors (Lipinski definition) is 4. The lowest BCUT2D eigenvalue weighted by Crippen LogP contribution is -2.27. The summed E-state index contributed by atoms with van der Waals surface area (Å²) in [6.45, 7) is 0.553. The quantitative estimate of drug-likeness (QED) is 0.766. The molecule has 1 aromatic carbocycles. The number of carboxylic acids is 1. The summed E-state index contributed by atoms with van der Waals surface area (Å²) < 4.78 is 0. The molecule has 2 aromatic rings. The van der Waals surface area contributed by atoms with E-state index >= 15 is 0 Å². The summed E-state index contributed by atoms with van der Waals surface area (Å²) in [5, 5.41) is 12.2. The van der Waals surface area contributed by atoms with Gasteiger partial charge in [-0.25, -0.2) is 9.78 Å². The van der Waals surface area contributed by atoms with E-state index < -0.39 is 5.97 Å². The van der Waals surface area contributed by atoms with Crippen molar-refractivity contribution in [2.75, 3.05) is 12.3 Å². The van der Waals surface area contributed by atoms with Gasteiger partial charge in [0.25, 0.3) is 0 Å². The smallest absolute Gasteiger partial charge is 0.338 e. The van der Waals surface area contributed by atoms with Gasteiger partial charge < -0.3 is 10.4 Å². The van der Waals surface area contributed by atoms with E-state index in [1.165, 1.54) is 12.3 Å². The van der Waals surface area contributed by atoms with Crippen LogP contribution in [0.15, 0.2) is 53.7 Å². The van der Waals surface area contributed by atoms with Crippen molar-refractivity contribution < 1.29 is 14.7 Å². The third-order valence-corrected chi connectivity index (χ3v) is 3.93. The van der Waals surface area contributed by atoms with E-state index in [2.05, 4.69) is 10.3 Å². The Morgan fingerprint density at radius 3 is 2.64 bits per heavy atom. The van der Waals surface area contributed by atoms with Crippen LogP contribution in [0, 0.1) is 0 Å². The molecule has 2 rings (SSSR count). The minimum absolute atomic E-state index is 0.115. The van der Waals surface area contributed by atoms with E-state index in [-0.39, 0.29) is 17.2 Å². The van der Waals surface area contributed by atoms with Crippen molar-refractivity contribution in [3.05, 3.63) is 59.8 Å². The maximum Gasteiger partial charge on any atom is 0.338 e. The lowest BCUT2D eigenvalue weighted by Gasteiger charge is -2.06. The standard InChI is InChI=1S/C16H16N2O3S/c19-14(17-10-8-12-5-2-1-3-6-12)11-22-15-13(16(20)21)7-4-9-18-15/h1-7,9H,8,10-11H2,(H,17,19)(H,20,21). The highest BCUT2D eigenvalue weighted by Gasteiger charge is 2.12. The minimum atomic E-state index is -1.04. The molecule has 1 heterocycles. The van der Waals surface area contributed by atoms with Gasteiger partial charge in [-0.05, 0) is 24.1 Å². The van der Waals surface area contributed by atoms with Crippen LogP contribution < -0.4 is 5.32 Å². The second-order valence-corrected chi connectivity index (χ2v) is 5.50. The van der Waals surface area contributed by atoms with Crippen LogP contribution in [-0.4, -0.2) is 34.3 Å². The number of nitrogens with zero attached hydrogens (tertiary/aromatic N) is 1. The number of thioether (sulfide) groups is 1. The summed E-state index contributed by atoms with van der Waals surface area (Å²) in [6.07, 6.45) is 2.28. The Bertz CT molecular complexity index is 647. The highest BCUT2D eigenvalue weighted by atomic mass is 32.2. The molecule has 1 aromatic heterocycles. The van der Waals surface area contributed by atoms with Crippen LogP contribution >= 0.6 is 11.8 Å². The zero-order valence-corrected chi connectivity index (χ0v) is 12.7. The number of amides is 1. The minimum Gasteiger partial charge on any atom is -0.478 e. The summed E-state index contributed by atoms with van der Waals surface area (Å²) in [4.78, 5) is 26.8. The Labute approximate surface area is 132 Å². The normalized spacial score (nSPS) is 10.2. The second kappa shape index (κ2) is 8.19. The summed E-state index contributed by atoms with van der Waals surface area (Å²) >= 11 is 1.13. The topological polar surface area (TPSA) is 79.3 Å². The van der Waals surface area contributed by atoms with Crippen LogP contribution in [0.4, 0.5) is 0 Å². The average Bonchev–Trinajstić information content (AvgIpc) is 2.54. The van der Waals surface area contributed by atoms with Crippen LogP contribution in [0.2, 0.25) is 0 Å². The molecule has 0 fully saturated rings. The van der Waals surface area contributed by atoms with Gasteiger partial charge in [-0.1, -0.05) is 42.1 Å². The molecule has 0 atom stereocenters.